The quantitative estimate of drug-likeness (QED) is 0.812. The van der Waals surface area contributed by atoms with Crippen molar-refractivity contribution in [2.45, 2.75) is 17.9 Å². The Labute approximate surface area is 101 Å². The fourth-order valence-corrected chi connectivity index (χ4v) is 1.55. The molecule has 0 heterocycles. The third-order valence-corrected chi connectivity index (χ3v) is 2.42. The summed E-state index contributed by atoms with van der Waals surface area (Å²) in [5.74, 6) is -1.51. The van der Waals surface area contributed by atoms with Crippen molar-refractivity contribution < 1.29 is 23.4 Å². The van der Waals surface area contributed by atoms with E-state index in [1.165, 1.54) is 6.07 Å². The van der Waals surface area contributed by atoms with E-state index < -0.39 is 19.0 Å². The summed E-state index contributed by atoms with van der Waals surface area (Å²) in [7, 11) is 0. The molecule has 0 amide bonds. The summed E-state index contributed by atoms with van der Waals surface area (Å²) in [6, 6.07) is 4.15. The molecule has 0 aliphatic rings. The second kappa shape index (κ2) is 5.50. The Balaban J connectivity index is 3.26. The van der Waals surface area contributed by atoms with Gasteiger partial charge in [0, 0.05) is 10.5 Å². The molecule has 0 spiro atoms. The minimum absolute atomic E-state index is 0.0352. The van der Waals surface area contributed by atoms with Gasteiger partial charge in [-0.2, -0.15) is 14.0 Å². The molecular weight excluding hydrogens is 252 g/mol. The van der Waals surface area contributed by atoms with Crippen LogP contribution in [0.15, 0.2) is 17.0 Å². The SMILES string of the molecule is N#Cc1ccc(OC(F)F)c(CC(=O)O)c1S. The van der Waals surface area contributed by atoms with Crippen molar-refractivity contribution >= 4 is 18.6 Å². The molecule has 4 nitrogen and oxygen atoms in total. The summed E-state index contributed by atoms with van der Waals surface area (Å²) < 4.78 is 28.4. The summed E-state index contributed by atoms with van der Waals surface area (Å²) in [4.78, 5) is 10.6. The van der Waals surface area contributed by atoms with Gasteiger partial charge < -0.3 is 9.84 Å². The van der Waals surface area contributed by atoms with Gasteiger partial charge in [0.15, 0.2) is 0 Å². The Morgan fingerprint density at radius 3 is 2.71 bits per heavy atom. The number of alkyl halides is 2. The molecule has 0 aliphatic heterocycles. The van der Waals surface area contributed by atoms with Crippen molar-refractivity contribution in [3.05, 3.63) is 23.3 Å². The van der Waals surface area contributed by atoms with Crippen molar-refractivity contribution in [1.29, 1.82) is 5.26 Å². The fraction of sp³-hybridized carbons (Fsp3) is 0.200. The van der Waals surface area contributed by atoms with E-state index in [-0.39, 0.29) is 21.8 Å². The maximum absolute atomic E-state index is 12.1. The molecule has 0 saturated heterocycles. The third kappa shape index (κ3) is 3.32. The molecule has 0 aliphatic carbocycles. The van der Waals surface area contributed by atoms with Crippen molar-refractivity contribution in [2.24, 2.45) is 0 Å². The van der Waals surface area contributed by atoms with Gasteiger partial charge in [0.1, 0.15) is 11.8 Å². The molecule has 0 saturated carbocycles. The molecule has 1 aromatic carbocycles. The predicted octanol–water partition coefficient (Wildman–Crippen LogP) is 2.08. The van der Waals surface area contributed by atoms with E-state index >= 15 is 0 Å². The Hall–Kier alpha value is -1.81. The zero-order valence-corrected chi connectivity index (χ0v) is 9.25. The van der Waals surface area contributed by atoms with Crippen molar-refractivity contribution in [3.63, 3.8) is 0 Å². The summed E-state index contributed by atoms with van der Waals surface area (Å²) in [5.41, 5.74) is 0.0615. The first-order valence-electron chi connectivity index (χ1n) is 4.37. The molecule has 0 atom stereocenters. The minimum atomic E-state index is -3.07. The average Bonchev–Trinajstić information content (AvgIpc) is 2.22. The van der Waals surface area contributed by atoms with Gasteiger partial charge in [-0.15, -0.1) is 12.6 Å². The van der Waals surface area contributed by atoms with Gasteiger partial charge in [0.2, 0.25) is 0 Å². The number of carbonyl (C=O) groups is 1. The van der Waals surface area contributed by atoms with Gasteiger partial charge in [0.05, 0.1) is 12.0 Å². The molecule has 0 bridgehead atoms. The second-order valence-electron chi connectivity index (χ2n) is 3.00. The predicted molar refractivity (Wildman–Crippen MR) is 56.4 cm³/mol. The normalized spacial score (nSPS) is 10.1. The molecule has 0 radical (unpaired) electrons. The van der Waals surface area contributed by atoms with Crippen LogP contribution in [0, 0.1) is 11.3 Å². The number of halogens is 2. The van der Waals surface area contributed by atoms with E-state index in [2.05, 4.69) is 17.4 Å². The van der Waals surface area contributed by atoms with Crippen LogP contribution in [0.3, 0.4) is 0 Å². The highest BCUT2D eigenvalue weighted by atomic mass is 32.1. The zero-order valence-electron chi connectivity index (χ0n) is 8.35. The van der Waals surface area contributed by atoms with E-state index in [0.717, 1.165) is 6.07 Å². The average molecular weight is 259 g/mol. The van der Waals surface area contributed by atoms with Crippen LogP contribution in [0.2, 0.25) is 0 Å². The maximum Gasteiger partial charge on any atom is 0.387 e. The zero-order chi connectivity index (χ0) is 13.0. The van der Waals surface area contributed by atoms with E-state index in [0.29, 0.717) is 0 Å². The standard InChI is InChI=1S/C10H7F2NO3S/c11-10(12)16-7-2-1-5(4-13)9(17)6(7)3-8(14)15/h1-2,10,17H,3H2,(H,14,15). The fourth-order valence-electron chi connectivity index (χ4n) is 1.24. The highest BCUT2D eigenvalue weighted by Crippen LogP contribution is 2.30. The molecule has 7 heteroatoms. The van der Waals surface area contributed by atoms with Crippen LogP contribution in [0.25, 0.3) is 0 Å². The van der Waals surface area contributed by atoms with Crippen molar-refractivity contribution in [3.8, 4) is 11.8 Å². The first-order chi connectivity index (χ1) is 7.95. The van der Waals surface area contributed by atoms with Crippen LogP contribution < -0.4 is 4.74 Å². The number of ether oxygens (including phenoxy) is 1. The number of carboxylic acid groups (broad SMARTS) is 1. The molecule has 0 unspecified atom stereocenters. The molecule has 1 aromatic rings. The van der Waals surface area contributed by atoms with E-state index in [1.807, 2.05) is 0 Å². The van der Waals surface area contributed by atoms with Crippen LogP contribution in [0.5, 0.6) is 5.75 Å². The number of aliphatic carboxylic acids is 1. The van der Waals surface area contributed by atoms with Crippen LogP contribution in [0.4, 0.5) is 8.78 Å². The van der Waals surface area contributed by atoms with Gasteiger partial charge in [-0.3, -0.25) is 4.79 Å². The Morgan fingerprint density at radius 2 is 2.24 bits per heavy atom. The van der Waals surface area contributed by atoms with Crippen LogP contribution in [0.1, 0.15) is 11.1 Å². The lowest BCUT2D eigenvalue weighted by atomic mass is 10.1. The van der Waals surface area contributed by atoms with E-state index in [4.69, 9.17) is 10.4 Å². The molecular formula is C10H7F2NO3S. The molecule has 0 fully saturated rings. The number of nitriles is 1. The molecule has 90 valence electrons. The van der Waals surface area contributed by atoms with Gasteiger partial charge in [-0.1, -0.05) is 0 Å². The number of carboxylic acids is 1. The van der Waals surface area contributed by atoms with Gasteiger partial charge in [0.25, 0.3) is 0 Å². The van der Waals surface area contributed by atoms with Crippen molar-refractivity contribution in [2.75, 3.05) is 0 Å². The number of nitrogens with zero attached hydrogens (tertiary/aromatic N) is 1. The van der Waals surface area contributed by atoms with Crippen molar-refractivity contribution in [1.82, 2.24) is 0 Å². The van der Waals surface area contributed by atoms with Gasteiger partial charge in [-0.25, -0.2) is 0 Å². The lowest BCUT2D eigenvalue weighted by molar-refractivity contribution is -0.136. The second-order valence-corrected chi connectivity index (χ2v) is 3.45. The molecule has 1 N–H and O–H groups in total. The maximum atomic E-state index is 12.1. The van der Waals surface area contributed by atoms with Crippen LogP contribution >= 0.6 is 12.6 Å². The molecule has 0 aromatic heterocycles. The number of benzene rings is 1. The largest absolute Gasteiger partial charge is 0.481 e. The van der Waals surface area contributed by atoms with E-state index in [1.54, 1.807) is 6.07 Å². The first kappa shape index (κ1) is 13.3. The lowest BCUT2D eigenvalue weighted by Crippen LogP contribution is -2.09. The van der Waals surface area contributed by atoms with Gasteiger partial charge >= 0.3 is 12.6 Å². The smallest absolute Gasteiger partial charge is 0.387 e. The topological polar surface area (TPSA) is 70.3 Å². The third-order valence-electron chi connectivity index (χ3n) is 1.90. The highest BCUT2D eigenvalue weighted by Gasteiger charge is 2.17. The summed E-state index contributed by atoms with van der Waals surface area (Å²) in [6.07, 6.45) is -0.545. The summed E-state index contributed by atoms with van der Waals surface area (Å²) in [6.45, 7) is -3.07. The lowest BCUT2D eigenvalue weighted by Gasteiger charge is -2.12. The monoisotopic (exact) mass is 259 g/mol. The summed E-state index contributed by atoms with van der Waals surface area (Å²) in [5, 5.41) is 17.4. The Morgan fingerprint density at radius 1 is 1.59 bits per heavy atom. The Kier molecular flexibility index (Phi) is 4.29. The Bertz CT molecular complexity index is 485. The van der Waals surface area contributed by atoms with E-state index in [9.17, 15) is 13.6 Å². The summed E-state index contributed by atoms with van der Waals surface area (Å²) >= 11 is 3.95. The van der Waals surface area contributed by atoms with Crippen LogP contribution in [-0.2, 0) is 11.2 Å². The van der Waals surface area contributed by atoms with Gasteiger partial charge in [-0.05, 0) is 12.1 Å². The number of rotatable bonds is 4. The number of hydrogen-bond donors (Lipinski definition) is 2. The minimum Gasteiger partial charge on any atom is -0.481 e. The number of thiol groups is 1. The molecule has 17 heavy (non-hydrogen) atoms. The molecule has 1 rings (SSSR count). The van der Waals surface area contributed by atoms with Crippen LogP contribution in [-0.4, -0.2) is 17.7 Å². The first-order valence-corrected chi connectivity index (χ1v) is 4.82. The highest BCUT2D eigenvalue weighted by molar-refractivity contribution is 7.80. The number of hydrogen-bond acceptors (Lipinski definition) is 4.